The summed E-state index contributed by atoms with van der Waals surface area (Å²) in [5, 5.41) is 11.6. The molecule has 1 saturated heterocycles. The molecule has 0 bridgehead atoms. The van der Waals surface area contributed by atoms with Gasteiger partial charge in [0.25, 0.3) is 5.91 Å². The van der Waals surface area contributed by atoms with Crippen molar-refractivity contribution in [3.8, 4) is 0 Å². The number of amidine groups is 1. The van der Waals surface area contributed by atoms with Gasteiger partial charge in [-0.2, -0.15) is 0 Å². The van der Waals surface area contributed by atoms with Crippen molar-refractivity contribution in [2.45, 2.75) is 12.8 Å². The van der Waals surface area contributed by atoms with Crippen LogP contribution in [0.3, 0.4) is 0 Å². The van der Waals surface area contributed by atoms with Gasteiger partial charge in [-0.25, -0.2) is 4.98 Å². The van der Waals surface area contributed by atoms with Crippen LogP contribution >= 0.6 is 0 Å². The van der Waals surface area contributed by atoms with Crippen LogP contribution in [-0.2, 0) is 0 Å². The molecule has 7 heteroatoms. The number of carbonyl (C=O) groups is 1. The summed E-state index contributed by atoms with van der Waals surface area (Å²) in [7, 11) is 0. The molecule has 2 rings (SSSR count). The average molecular weight is 249 g/mol. The summed E-state index contributed by atoms with van der Waals surface area (Å²) < 4.78 is 0. The van der Waals surface area contributed by atoms with E-state index in [0.717, 1.165) is 0 Å². The standard InChI is InChI=1S/C11H15N5O2/c12-10(15-18)8-1-5-16(6-2-8)11(17)9-7-13-3-4-14-9/h3-4,7-8,18H,1-2,5-6H2,(H2,12,15). The number of hydrogen-bond acceptors (Lipinski definition) is 5. The molecule has 1 fully saturated rings. The van der Waals surface area contributed by atoms with Gasteiger partial charge < -0.3 is 15.8 Å². The van der Waals surface area contributed by atoms with Crippen LogP contribution in [0, 0.1) is 5.92 Å². The highest BCUT2D eigenvalue weighted by Crippen LogP contribution is 2.18. The molecule has 0 unspecified atom stereocenters. The van der Waals surface area contributed by atoms with E-state index in [9.17, 15) is 4.79 Å². The monoisotopic (exact) mass is 249 g/mol. The van der Waals surface area contributed by atoms with E-state index in [1.807, 2.05) is 0 Å². The number of nitrogens with zero attached hydrogens (tertiary/aromatic N) is 4. The quantitative estimate of drug-likeness (QED) is 0.334. The van der Waals surface area contributed by atoms with E-state index >= 15 is 0 Å². The molecule has 1 aromatic rings. The smallest absolute Gasteiger partial charge is 0.274 e. The van der Waals surface area contributed by atoms with Crippen LogP contribution in [0.5, 0.6) is 0 Å². The molecule has 0 aliphatic carbocycles. The van der Waals surface area contributed by atoms with Crippen LogP contribution in [0.4, 0.5) is 0 Å². The van der Waals surface area contributed by atoms with Gasteiger partial charge in [-0.05, 0) is 12.8 Å². The molecule has 7 nitrogen and oxygen atoms in total. The maximum Gasteiger partial charge on any atom is 0.274 e. The van der Waals surface area contributed by atoms with Crippen molar-refractivity contribution in [3.63, 3.8) is 0 Å². The highest BCUT2D eigenvalue weighted by atomic mass is 16.4. The van der Waals surface area contributed by atoms with E-state index in [1.165, 1.54) is 18.6 Å². The Kier molecular flexibility index (Phi) is 3.71. The molecule has 0 radical (unpaired) electrons. The number of nitrogens with two attached hydrogens (primary N) is 1. The third-order valence-electron chi connectivity index (χ3n) is 3.10. The zero-order valence-electron chi connectivity index (χ0n) is 9.86. The minimum absolute atomic E-state index is 0.0425. The summed E-state index contributed by atoms with van der Waals surface area (Å²) in [5.74, 6) is 0.156. The van der Waals surface area contributed by atoms with Gasteiger partial charge in [-0.3, -0.25) is 9.78 Å². The number of likely N-dealkylation sites (tertiary alicyclic amines) is 1. The average Bonchev–Trinajstić information content (AvgIpc) is 2.47. The Morgan fingerprint density at radius 1 is 1.44 bits per heavy atom. The number of oxime groups is 1. The van der Waals surface area contributed by atoms with Crippen LogP contribution in [0.2, 0.25) is 0 Å². The maximum absolute atomic E-state index is 12.1. The topological polar surface area (TPSA) is 105 Å². The summed E-state index contributed by atoms with van der Waals surface area (Å²) in [6.45, 7) is 1.16. The van der Waals surface area contributed by atoms with Gasteiger partial charge in [0, 0.05) is 31.4 Å². The lowest BCUT2D eigenvalue weighted by Crippen LogP contribution is -2.42. The van der Waals surface area contributed by atoms with E-state index in [0.29, 0.717) is 31.6 Å². The number of amides is 1. The van der Waals surface area contributed by atoms with Crippen molar-refractivity contribution < 1.29 is 10.0 Å². The number of hydrogen-bond donors (Lipinski definition) is 2. The molecule has 0 atom stereocenters. The molecule has 1 aromatic heterocycles. The van der Waals surface area contributed by atoms with Crippen molar-refractivity contribution >= 4 is 11.7 Å². The van der Waals surface area contributed by atoms with Crippen molar-refractivity contribution in [2.75, 3.05) is 13.1 Å². The molecular weight excluding hydrogens is 234 g/mol. The molecular formula is C11H15N5O2. The third-order valence-corrected chi connectivity index (χ3v) is 3.10. The second-order valence-electron chi connectivity index (χ2n) is 4.18. The van der Waals surface area contributed by atoms with Gasteiger partial charge in [-0.1, -0.05) is 5.16 Å². The van der Waals surface area contributed by atoms with Crippen LogP contribution in [0.1, 0.15) is 23.3 Å². The second-order valence-corrected chi connectivity index (χ2v) is 4.18. The summed E-state index contributed by atoms with van der Waals surface area (Å²) in [6.07, 6.45) is 5.87. The fourth-order valence-electron chi connectivity index (χ4n) is 2.03. The minimum atomic E-state index is -0.124. The first kappa shape index (κ1) is 12.3. The molecule has 2 heterocycles. The van der Waals surface area contributed by atoms with E-state index in [-0.39, 0.29) is 17.7 Å². The molecule has 3 N–H and O–H groups in total. The lowest BCUT2D eigenvalue weighted by molar-refractivity contribution is 0.0702. The maximum atomic E-state index is 12.1. The molecule has 1 aliphatic heterocycles. The van der Waals surface area contributed by atoms with E-state index in [1.54, 1.807) is 4.90 Å². The van der Waals surface area contributed by atoms with Crippen LogP contribution in [0.25, 0.3) is 0 Å². The Morgan fingerprint density at radius 3 is 2.72 bits per heavy atom. The predicted molar refractivity (Wildman–Crippen MR) is 64.1 cm³/mol. The fourth-order valence-corrected chi connectivity index (χ4v) is 2.03. The number of aromatic nitrogens is 2. The Hall–Kier alpha value is -2.18. The van der Waals surface area contributed by atoms with Crippen molar-refractivity contribution in [1.29, 1.82) is 0 Å². The van der Waals surface area contributed by atoms with Gasteiger partial charge in [0.05, 0.1) is 6.20 Å². The Balaban J connectivity index is 1.96. The lowest BCUT2D eigenvalue weighted by Gasteiger charge is -2.30. The highest BCUT2D eigenvalue weighted by Gasteiger charge is 2.26. The number of carbonyl (C=O) groups excluding carboxylic acids is 1. The second kappa shape index (κ2) is 5.44. The summed E-state index contributed by atoms with van der Waals surface area (Å²) in [5.41, 5.74) is 5.90. The van der Waals surface area contributed by atoms with E-state index in [4.69, 9.17) is 10.9 Å². The first-order valence-corrected chi connectivity index (χ1v) is 5.75. The lowest BCUT2D eigenvalue weighted by atomic mass is 9.95. The van der Waals surface area contributed by atoms with Crippen LogP contribution in [0.15, 0.2) is 23.7 Å². The van der Waals surface area contributed by atoms with Gasteiger partial charge in [0.15, 0.2) is 0 Å². The normalized spacial score (nSPS) is 17.8. The van der Waals surface area contributed by atoms with Gasteiger partial charge in [0.1, 0.15) is 11.5 Å². The molecule has 18 heavy (non-hydrogen) atoms. The van der Waals surface area contributed by atoms with Crippen molar-refractivity contribution in [3.05, 3.63) is 24.3 Å². The largest absolute Gasteiger partial charge is 0.409 e. The van der Waals surface area contributed by atoms with Crippen molar-refractivity contribution in [1.82, 2.24) is 14.9 Å². The van der Waals surface area contributed by atoms with Gasteiger partial charge in [-0.15, -0.1) is 0 Å². The van der Waals surface area contributed by atoms with Crippen molar-refractivity contribution in [2.24, 2.45) is 16.8 Å². The molecule has 0 spiro atoms. The fraction of sp³-hybridized carbons (Fsp3) is 0.455. The molecule has 96 valence electrons. The van der Waals surface area contributed by atoms with Crippen LogP contribution in [-0.4, -0.2) is 44.9 Å². The molecule has 0 aromatic carbocycles. The van der Waals surface area contributed by atoms with Crippen LogP contribution < -0.4 is 5.73 Å². The summed E-state index contributed by atoms with van der Waals surface area (Å²) >= 11 is 0. The first-order chi connectivity index (χ1) is 8.72. The minimum Gasteiger partial charge on any atom is -0.409 e. The van der Waals surface area contributed by atoms with Gasteiger partial charge in [0.2, 0.25) is 0 Å². The molecule has 1 amide bonds. The highest BCUT2D eigenvalue weighted by molar-refractivity contribution is 5.92. The zero-order valence-corrected chi connectivity index (χ0v) is 9.86. The Labute approximate surface area is 104 Å². The SMILES string of the molecule is NC(=NO)C1CCN(C(=O)c2cnccn2)CC1. The summed E-state index contributed by atoms with van der Waals surface area (Å²) in [6, 6.07) is 0. The predicted octanol–water partition coefficient (Wildman–Crippen LogP) is 0.0752. The Bertz CT molecular complexity index is 440. The first-order valence-electron chi connectivity index (χ1n) is 5.75. The van der Waals surface area contributed by atoms with E-state index < -0.39 is 0 Å². The van der Waals surface area contributed by atoms with E-state index in [2.05, 4.69) is 15.1 Å². The number of piperidine rings is 1. The third kappa shape index (κ3) is 2.55. The van der Waals surface area contributed by atoms with Gasteiger partial charge >= 0.3 is 0 Å². The number of rotatable bonds is 2. The molecule has 1 aliphatic rings. The zero-order chi connectivity index (χ0) is 13.0. The summed E-state index contributed by atoms with van der Waals surface area (Å²) in [4.78, 5) is 21.6. The molecule has 0 saturated carbocycles. The Morgan fingerprint density at radius 2 is 2.17 bits per heavy atom.